The summed E-state index contributed by atoms with van der Waals surface area (Å²) < 4.78 is 0. The predicted octanol–water partition coefficient (Wildman–Crippen LogP) is 1.50. The van der Waals surface area contributed by atoms with E-state index in [-0.39, 0.29) is 11.7 Å². The summed E-state index contributed by atoms with van der Waals surface area (Å²) in [5.74, 6) is 0.552. The fourth-order valence-corrected chi connectivity index (χ4v) is 2.31. The number of tetrazole rings is 1. The summed E-state index contributed by atoms with van der Waals surface area (Å²) in [6.45, 7) is 0.398. The Morgan fingerprint density at radius 1 is 1.26 bits per heavy atom. The molecule has 9 nitrogen and oxygen atoms in total. The summed E-state index contributed by atoms with van der Waals surface area (Å²) in [5, 5.41) is 23.0. The molecule has 1 unspecified atom stereocenters. The van der Waals surface area contributed by atoms with E-state index >= 15 is 0 Å². The molecule has 23 heavy (non-hydrogen) atoms. The van der Waals surface area contributed by atoms with Gasteiger partial charge in [0.15, 0.2) is 6.04 Å². The molecular weight excluding hydrogens is 298 g/mol. The van der Waals surface area contributed by atoms with Crippen LogP contribution >= 0.6 is 0 Å². The molecule has 0 amide bonds. The third kappa shape index (κ3) is 2.59. The third-order valence-corrected chi connectivity index (χ3v) is 3.52. The van der Waals surface area contributed by atoms with Crippen molar-refractivity contribution in [3.8, 4) is 0 Å². The molecule has 0 saturated heterocycles. The van der Waals surface area contributed by atoms with E-state index in [1.54, 1.807) is 12.1 Å². The minimum Gasteiger partial charge on any atom is -0.360 e. The van der Waals surface area contributed by atoms with Crippen molar-refractivity contribution >= 4 is 11.4 Å². The lowest BCUT2D eigenvalue weighted by molar-refractivity contribution is -0.384. The topological polar surface area (TPSA) is 115 Å². The summed E-state index contributed by atoms with van der Waals surface area (Å²) in [6.07, 6.45) is 1.84. The number of hydrogen-bond acceptors (Lipinski definition) is 6. The highest BCUT2D eigenvalue weighted by Gasteiger charge is 2.35. The summed E-state index contributed by atoms with van der Waals surface area (Å²) in [6, 6.07) is 9.99. The van der Waals surface area contributed by atoms with Crippen LogP contribution in [0.15, 0.2) is 47.6 Å². The zero-order chi connectivity index (χ0) is 15.8. The lowest BCUT2D eigenvalue weighted by atomic mass is 10.2. The quantitative estimate of drug-likeness (QED) is 0.566. The molecule has 114 valence electrons. The summed E-state index contributed by atoms with van der Waals surface area (Å²) in [4.78, 5) is 19.1. The molecule has 0 aliphatic carbocycles. The molecule has 4 rings (SSSR count). The average molecular weight is 309 g/mol. The maximum atomic E-state index is 10.6. The summed E-state index contributed by atoms with van der Waals surface area (Å²) in [5.41, 5.74) is 2.80. The molecule has 0 saturated carbocycles. The highest BCUT2D eigenvalue weighted by Crippen LogP contribution is 2.31. The lowest BCUT2D eigenvalue weighted by Crippen LogP contribution is -2.04. The van der Waals surface area contributed by atoms with Crippen LogP contribution in [0.4, 0.5) is 5.69 Å². The van der Waals surface area contributed by atoms with Crippen molar-refractivity contribution in [1.82, 2.24) is 25.2 Å². The van der Waals surface area contributed by atoms with E-state index in [0.717, 1.165) is 17.0 Å². The van der Waals surface area contributed by atoms with Crippen LogP contribution in [-0.2, 0) is 6.54 Å². The number of aromatic amines is 1. The number of aromatic nitrogens is 5. The van der Waals surface area contributed by atoms with Crippen LogP contribution in [0.5, 0.6) is 0 Å². The van der Waals surface area contributed by atoms with Crippen molar-refractivity contribution in [3.63, 3.8) is 0 Å². The Hall–Kier alpha value is -3.36. The molecule has 3 aromatic rings. The lowest BCUT2D eigenvalue weighted by Gasteiger charge is -1.99. The standard InChI is InChI=1S/C14H11N7O2/c22-21(23)10-5-3-9(4-6-10)8-20-18-14(17-19-20)13-12(16-13)11-2-1-7-15-11/h1-7,13,15H,8H2. The van der Waals surface area contributed by atoms with Crippen molar-refractivity contribution in [3.05, 3.63) is 69.8 Å². The van der Waals surface area contributed by atoms with Gasteiger partial charge in [0.05, 0.1) is 22.9 Å². The molecule has 3 heterocycles. The van der Waals surface area contributed by atoms with Gasteiger partial charge >= 0.3 is 0 Å². The van der Waals surface area contributed by atoms with E-state index in [9.17, 15) is 10.1 Å². The number of rotatable bonds is 5. The molecule has 0 fully saturated rings. The van der Waals surface area contributed by atoms with E-state index in [0.29, 0.717) is 12.4 Å². The van der Waals surface area contributed by atoms with Crippen LogP contribution in [0.3, 0.4) is 0 Å². The van der Waals surface area contributed by atoms with Crippen LogP contribution in [0, 0.1) is 10.1 Å². The molecule has 0 radical (unpaired) electrons. The first-order valence-corrected chi connectivity index (χ1v) is 6.93. The molecule has 0 bridgehead atoms. The van der Waals surface area contributed by atoms with Crippen LogP contribution < -0.4 is 0 Å². The van der Waals surface area contributed by atoms with Gasteiger partial charge in [0.25, 0.3) is 5.69 Å². The molecule has 1 aliphatic heterocycles. The van der Waals surface area contributed by atoms with Gasteiger partial charge in [-0.3, -0.25) is 15.1 Å². The molecule has 1 N–H and O–H groups in total. The Labute approximate surface area is 129 Å². The van der Waals surface area contributed by atoms with Crippen molar-refractivity contribution in [2.24, 2.45) is 4.99 Å². The molecule has 1 aromatic carbocycles. The summed E-state index contributed by atoms with van der Waals surface area (Å²) >= 11 is 0. The monoisotopic (exact) mass is 309 g/mol. The normalized spacial score (nSPS) is 16.2. The first-order valence-electron chi connectivity index (χ1n) is 6.93. The minimum atomic E-state index is -0.428. The van der Waals surface area contributed by atoms with Crippen LogP contribution in [0.1, 0.15) is 23.1 Å². The van der Waals surface area contributed by atoms with Gasteiger partial charge < -0.3 is 4.98 Å². The van der Waals surface area contributed by atoms with E-state index in [1.807, 2.05) is 18.3 Å². The number of nitrogens with one attached hydrogen (secondary N) is 1. The second-order valence-corrected chi connectivity index (χ2v) is 5.10. The largest absolute Gasteiger partial charge is 0.360 e. The molecule has 9 heteroatoms. The number of nitrogens with zero attached hydrogens (tertiary/aromatic N) is 6. The Morgan fingerprint density at radius 2 is 2.09 bits per heavy atom. The Bertz CT molecular complexity index is 880. The first kappa shape index (κ1) is 13.3. The second-order valence-electron chi connectivity index (χ2n) is 5.10. The number of aliphatic imine (C=N–C) groups is 1. The van der Waals surface area contributed by atoms with Gasteiger partial charge in [-0.05, 0) is 22.9 Å². The maximum Gasteiger partial charge on any atom is 0.269 e. The molecule has 1 aliphatic rings. The fraction of sp³-hybridized carbons (Fsp3) is 0.143. The van der Waals surface area contributed by atoms with Crippen molar-refractivity contribution in [2.75, 3.05) is 0 Å². The van der Waals surface area contributed by atoms with Gasteiger partial charge in [-0.25, -0.2) is 0 Å². The van der Waals surface area contributed by atoms with Gasteiger partial charge in [-0.15, -0.1) is 10.2 Å². The molecule has 2 aromatic heterocycles. The van der Waals surface area contributed by atoms with Crippen LogP contribution in [0.25, 0.3) is 0 Å². The third-order valence-electron chi connectivity index (χ3n) is 3.52. The number of non-ortho nitro benzene ring substituents is 1. The fourth-order valence-electron chi connectivity index (χ4n) is 2.31. The van der Waals surface area contributed by atoms with Gasteiger partial charge in [0.1, 0.15) is 0 Å². The van der Waals surface area contributed by atoms with Gasteiger partial charge in [-0.2, -0.15) is 4.80 Å². The first-order chi connectivity index (χ1) is 11.2. The van der Waals surface area contributed by atoms with Gasteiger partial charge in [0.2, 0.25) is 5.82 Å². The molecular formula is C14H11N7O2. The zero-order valence-corrected chi connectivity index (χ0v) is 11.8. The predicted molar refractivity (Wildman–Crippen MR) is 80.1 cm³/mol. The number of hydrogen-bond donors (Lipinski definition) is 1. The Balaban J connectivity index is 1.44. The Kier molecular flexibility index (Phi) is 2.97. The zero-order valence-electron chi connectivity index (χ0n) is 11.8. The van der Waals surface area contributed by atoms with E-state index in [2.05, 4.69) is 25.4 Å². The average Bonchev–Trinajstić information content (AvgIpc) is 2.98. The van der Waals surface area contributed by atoms with Crippen LogP contribution in [-0.4, -0.2) is 35.8 Å². The van der Waals surface area contributed by atoms with Gasteiger partial charge in [-0.1, -0.05) is 12.1 Å². The van der Waals surface area contributed by atoms with E-state index in [1.165, 1.54) is 16.9 Å². The number of nitro benzene ring substituents is 1. The second kappa shape index (κ2) is 5.13. The summed E-state index contributed by atoms with van der Waals surface area (Å²) in [7, 11) is 0. The highest BCUT2D eigenvalue weighted by molar-refractivity contribution is 6.12. The van der Waals surface area contributed by atoms with E-state index in [4.69, 9.17) is 0 Å². The Morgan fingerprint density at radius 3 is 2.78 bits per heavy atom. The van der Waals surface area contributed by atoms with Crippen molar-refractivity contribution in [2.45, 2.75) is 12.6 Å². The number of nitro groups is 1. The van der Waals surface area contributed by atoms with Gasteiger partial charge in [0, 0.05) is 18.3 Å². The van der Waals surface area contributed by atoms with Crippen molar-refractivity contribution < 1.29 is 4.92 Å². The minimum absolute atomic E-state index is 0.0583. The molecule has 1 atom stereocenters. The SMILES string of the molecule is O=[N+]([O-])c1ccc(Cn2nnc(C3N=C3c3ccc[nH]3)n2)cc1. The van der Waals surface area contributed by atoms with E-state index < -0.39 is 4.92 Å². The molecule has 0 spiro atoms. The van der Waals surface area contributed by atoms with Crippen molar-refractivity contribution in [1.29, 1.82) is 0 Å². The van der Waals surface area contributed by atoms with Crippen LogP contribution in [0.2, 0.25) is 0 Å². The number of benzene rings is 1. The smallest absolute Gasteiger partial charge is 0.269 e. The highest BCUT2D eigenvalue weighted by atomic mass is 16.6. The maximum absolute atomic E-state index is 10.6. The number of H-pyrrole nitrogens is 1.